The number of hydrogen-bond donors (Lipinski definition) is 0. The standard InChI is InChI=1S/C16H32/c1-8-11-15(4,5)14-10-9-12(2)13(3)16(14,6)7/h12-14H,8-11H2,1-7H3. The minimum Gasteiger partial charge on any atom is -0.0654 e. The quantitative estimate of drug-likeness (QED) is 0.592. The molecule has 96 valence electrons. The van der Waals surface area contributed by atoms with Crippen LogP contribution in [0.25, 0.3) is 0 Å². The minimum atomic E-state index is 0.510. The SMILES string of the molecule is CCCC(C)(C)C1CCC(C)C(C)C1(C)C. The zero-order valence-corrected chi connectivity index (χ0v) is 12.6. The predicted molar refractivity (Wildman–Crippen MR) is 73.5 cm³/mol. The Bertz CT molecular complexity index is 224. The van der Waals surface area contributed by atoms with Gasteiger partial charge in [0.2, 0.25) is 0 Å². The van der Waals surface area contributed by atoms with Gasteiger partial charge >= 0.3 is 0 Å². The molecule has 0 bridgehead atoms. The van der Waals surface area contributed by atoms with E-state index >= 15 is 0 Å². The smallest absolute Gasteiger partial charge is 0.0293 e. The third-order valence-electron chi connectivity index (χ3n) is 5.67. The first-order chi connectivity index (χ1) is 7.23. The van der Waals surface area contributed by atoms with Gasteiger partial charge in [-0.1, -0.05) is 61.3 Å². The molecular weight excluding hydrogens is 192 g/mol. The van der Waals surface area contributed by atoms with E-state index in [0.717, 1.165) is 17.8 Å². The summed E-state index contributed by atoms with van der Waals surface area (Å²) >= 11 is 0. The lowest BCUT2D eigenvalue weighted by atomic mass is 9.52. The zero-order valence-electron chi connectivity index (χ0n) is 12.6. The Kier molecular flexibility index (Phi) is 4.13. The fraction of sp³-hybridized carbons (Fsp3) is 1.00. The van der Waals surface area contributed by atoms with E-state index in [9.17, 15) is 0 Å². The van der Waals surface area contributed by atoms with Crippen molar-refractivity contribution in [2.24, 2.45) is 28.6 Å². The largest absolute Gasteiger partial charge is 0.0654 e. The molecule has 0 aromatic heterocycles. The van der Waals surface area contributed by atoms with Gasteiger partial charge in [0.05, 0.1) is 0 Å². The Morgan fingerprint density at radius 3 is 2.19 bits per heavy atom. The van der Waals surface area contributed by atoms with Crippen molar-refractivity contribution in [2.45, 2.75) is 74.1 Å². The Morgan fingerprint density at radius 1 is 1.12 bits per heavy atom. The van der Waals surface area contributed by atoms with Crippen molar-refractivity contribution >= 4 is 0 Å². The fourth-order valence-corrected chi connectivity index (χ4v) is 4.32. The molecule has 0 heterocycles. The molecule has 1 rings (SSSR count). The average Bonchev–Trinajstić information content (AvgIpc) is 2.13. The number of hydrogen-bond acceptors (Lipinski definition) is 0. The lowest BCUT2D eigenvalue weighted by Gasteiger charge is -2.53. The summed E-state index contributed by atoms with van der Waals surface area (Å²) in [6.07, 6.45) is 5.57. The summed E-state index contributed by atoms with van der Waals surface area (Å²) in [5.41, 5.74) is 1.03. The highest BCUT2D eigenvalue weighted by atomic mass is 14.5. The summed E-state index contributed by atoms with van der Waals surface area (Å²) in [7, 11) is 0. The van der Waals surface area contributed by atoms with Gasteiger partial charge in [-0.15, -0.1) is 0 Å². The molecule has 0 aromatic carbocycles. The summed E-state index contributed by atoms with van der Waals surface area (Å²) < 4.78 is 0. The molecule has 1 aliphatic rings. The van der Waals surface area contributed by atoms with Gasteiger partial charge in [-0.25, -0.2) is 0 Å². The molecule has 0 spiro atoms. The normalized spacial score (nSPS) is 35.1. The first kappa shape index (κ1) is 14.1. The highest BCUT2D eigenvalue weighted by Gasteiger charge is 2.46. The van der Waals surface area contributed by atoms with E-state index in [4.69, 9.17) is 0 Å². The van der Waals surface area contributed by atoms with Crippen LogP contribution in [0.2, 0.25) is 0 Å². The molecule has 3 unspecified atom stereocenters. The molecule has 1 saturated carbocycles. The Hall–Kier alpha value is 0. The molecule has 1 aliphatic carbocycles. The van der Waals surface area contributed by atoms with Crippen LogP contribution in [0.15, 0.2) is 0 Å². The molecule has 0 amide bonds. The highest BCUT2D eigenvalue weighted by Crippen LogP contribution is 2.55. The topological polar surface area (TPSA) is 0 Å². The molecule has 0 nitrogen and oxygen atoms in total. The Balaban J connectivity index is 2.88. The van der Waals surface area contributed by atoms with E-state index in [1.807, 2.05) is 0 Å². The molecule has 16 heavy (non-hydrogen) atoms. The molecule has 1 fully saturated rings. The van der Waals surface area contributed by atoms with Crippen LogP contribution < -0.4 is 0 Å². The van der Waals surface area contributed by atoms with Crippen molar-refractivity contribution in [1.29, 1.82) is 0 Å². The van der Waals surface area contributed by atoms with Crippen molar-refractivity contribution in [2.75, 3.05) is 0 Å². The summed E-state index contributed by atoms with van der Waals surface area (Å²) in [6.45, 7) is 17.2. The molecular formula is C16H32. The highest BCUT2D eigenvalue weighted by molar-refractivity contribution is 4.96. The van der Waals surface area contributed by atoms with Crippen LogP contribution in [-0.4, -0.2) is 0 Å². The molecule has 0 saturated heterocycles. The lowest BCUT2D eigenvalue weighted by Crippen LogP contribution is -2.45. The van der Waals surface area contributed by atoms with Gasteiger partial charge in [-0.05, 0) is 41.4 Å². The summed E-state index contributed by atoms with van der Waals surface area (Å²) in [6, 6.07) is 0. The number of rotatable bonds is 3. The molecule has 0 aliphatic heterocycles. The van der Waals surface area contributed by atoms with Crippen molar-refractivity contribution in [3.63, 3.8) is 0 Å². The van der Waals surface area contributed by atoms with Gasteiger partial charge in [0.15, 0.2) is 0 Å². The van der Waals surface area contributed by atoms with Crippen LogP contribution in [0.1, 0.15) is 74.1 Å². The van der Waals surface area contributed by atoms with Crippen LogP contribution in [0.5, 0.6) is 0 Å². The maximum atomic E-state index is 2.51. The predicted octanol–water partition coefficient (Wildman–Crippen LogP) is 5.52. The summed E-state index contributed by atoms with van der Waals surface area (Å²) in [4.78, 5) is 0. The van der Waals surface area contributed by atoms with Crippen LogP contribution in [0, 0.1) is 28.6 Å². The monoisotopic (exact) mass is 224 g/mol. The van der Waals surface area contributed by atoms with Crippen LogP contribution in [0.4, 0.5) is 0 Å². The van der Waals surface area contributed by atoms with Gasteiger partial charge in [0, 0.05) is 0 Å². The van der Waals surface area contributed by atoms with E-state index in [1.54, 1.807) is 0 Å². The van der Waals surface area contributed by atoms with E-state index in [0.29, 0.717) is 10.8 Å². The van der Waals surface area contributed by atoms with Gasteiger partial charge in [0.1, 0.15) is 0 Å². The van der Waals surface area contributed by atoms with E-state index in [-0.39, 0.29) is 0 Å². The third kappa shape index (κ3) is 2.46. The zero-order chi connectivity index (χ0) is 12.6. The van der Waals surface area contributed by atoms with Crippen molar-refractivity contribution in [3.05, 3.63) is 0 Å². The van der Waals surface area contributed by atoms with E-state index in [2.05, 4.69) is 48.5 Å². The van der Waals surface area contributed by atoms with Crippen LogP contribution in [0.3, 0.4) is 0 Å². The van der Waals surface area contributed by atoms with Crippen LogP contribution in [-0.2, 0) is 0 Å². The minimum absolute atomic E-state index is 0.510. The molecule has 0 aromatic rings. The second-order valence-corrected chi connectivity index (χ2v) is 7.46. The summed E-state index contributed by atoms with van der Waals surface area (Å²) in [5.74, 6) is 2.66. The van der Waals surface area contributed by atoms with Gasteiger partial charge < -0.3 is 0 Å². The summed E-state index contributed by atoms with van der Waals surface area (Å²) in [5, 5.41) is 0. The lowest BCUT2D eigenvalue weighted by molar-refractivity contribution is -0.0403. The van der Waals surface area contributed by atoms with Crippen molar-refractivity contribution in [1.82, 2.24) is 0 Å². The maximum absolute atomic E-state index is 2.51. The van der Waals surface area contributed by atoms with E-state index < -0.39 is 0 Å². The van der Waals surface area contributed by atoms with E-state index in [1.165, 1.54) is 25.7 Å². The van der Waals surface area contributed by atoms with Gasteiger partial charge in [-0.3, -0.25) is 0 Å². The van der Waals surface area contributed by atoms with Crippen molar-refractivity contribution < 1.29 is 0 Å². The molecule has 0 N–H and O–H groups in total. The second-order valence-electron chi connectivity index (χ2n) is 7.46. The van der Waals surface area contributed by atoms with Gasteiger partial charge in [-0.2, -0.15) is 0 Å². The van der Waals surface area contributed by atoms with Gasteiger partial charge in [0.25, 0.3) is 0 Å². The van der Waals surface area contributed by atoms with Crippen LogP contribution >= 0.6 is 0 Å². The van der Waals surface area contributed by atoms with Crippen molar-refractivity contribution in [3.8, 4) is 0 Å². The Labute approximate surface area is 103 Å². The third-order valence-corrected chi connectivity index (χ3v) is 5.67. The average molecular weight is 224 g/mol. The molecule has 0 radical (unpaired) electrons. The second kappa shape index (κ2) is 4.70. The molecule has 3 atom stereocenters. The fourth-order valence-electron chi connectivity index (χ4n) is 4.32. The first-order valence-electron chi connectivity index (χ1n) is 7.23. The first-order valence-corrected chi connectivity index (χ1v) is 7.23. The Morgan fingerprint density at radius 2 is 1.69 bits per heavy atom. The molecule has 0 heteroatoms. The maximum Gasteiger partial charge on any atom is -0.0293 e.